The van der Waals surface area contributed by atoms with E-state index in [9.17, 15) is 17.6 Å². The van der Waals surface area contributed by atoms with Crippen LogP contribution in [0.5, 0.6) is 0 Å². The van der Waals surface area contributed by atoms with Crippen LogP contribution in [0.15, 0.2) is 23.1 Å². The Bertz CT molecular complexity index is 547. The van der Waals surface area contributed by atoms with E-state index in [0.717, 1.165) is 12.1 Å². The van der Waals surface area contributed by atoms with Gasteiger partial charge in [0, 0.05) is 18.8 Å². The number of nitrogens with one attached hydrogen (secondary N) is 2. The summed E-state index contributed by atoms with van der Waals surface area (Å²) in [5, 5.41) is 2.19. The van der Waals surface area contributed by atoms with Gasteiger partial charge in [0.05, 0.1) is 0 Å². The van der Waals surface area contributed by atoms with Crippen molar-refractivity contribution in [3.05, 3.63) is 24.0 Å². The molecule has 0 aliphatic carbocycles. The smallest absolute Gasteiger partial charge is 0.312 e. The highest BCUT2D eigenvalue weighted by molar-refractivity contribution is 7.89. The van der Waals surface area contributed by atoms with E-state index in [-0.39, 0.29) is 18.8 Å². The molecular formula is C9H13FN4O3S. The van der Waals surface area contributed by atoms with Gasteiger partial charge in [0.25, 0.3) is 0 Å². The third-order valence-electron chi connectivity index (χ3n) is 1.96. The highest BCUT2D eigenvalue weighted by Gasteiger charge is 2.18. The van der Waals surface area contributed by atoms with Gasteiger partial charge < -0.3 is 16.8 Å². The monoisotopic (exact) mass is 276 g/mol. The Hall–Kier alpha value is -1.87. The van der Waals surface area contributed by atoms with Gasteiger partial charge in [0.1, 0.15) is 10.7 Å². The molecule has 0 unspecified atom stereocenters. The van der Waals surface area contributed by atoms with Gasteiger partial charge in [0.15, 0.2) is 0 Å². The molecule has 0 atom stereocenters. The fourth-order valence-electron chi connectivity index (χ4n) is 1.17. The number of urea groups is 1. The van der Waals surface area contributed by atoms with Gasteiger partial charge in [-0.25, -0.2) is 22.3 Å². The molecule has 18 heavy (non-hydrogen) atoms. The molecule has 100 valence electrons. The number of primary amides is 1. The van der Waals surface area contributed by atoms with Crippen LogP contribution < -0.4 is 21.5 Å². The molecule has 0 saturated carbocycles. The quantitative estimate of drug-likeness (QED) is 0.421. The molecular weight excluding hydrogens is 263 g/mol. The summed E-state index contributed by atoms with van der Waals surface area (Å²) in [5.74, 6) is -0.903. The molecule has 1 aromatic rings. The topological polar surface area (TPSA) is 127 Å². The van der Waals surface area contributed by atoms with E-state index in [4.69, 9.17) is 11.5 Å². The number of hydrogen-bond donors (Lipinski definition) is 4. The summed E-state index contributed by atoms with van der Waals surface area (Å²) < 4.78 is 38.8. The maximum Gasteiger partial charge on any atom is 0.312 e. The number of benzene rings is 1. The molecule has 6 N–H and O–H groups in total. The molecule has 0 bridgehead atoms. The first-order chi connectivity index (χ1) is 8.33. The Balaban J connectivity index is 2.74. The molecule has 0 spiro atoms. The first-order valence-electron chi connectivity index (χ1n) is 4.91. The summed E-state index contributed by atoms with van der Waals surface area (Å²) in [5.41, 5.74) is 10.3. The van der Waals surface area contributed by atoms with Gasteiger partial charge in [-0.2, -0.15) is 0 Å². The molecule has 1 aromatic carbocycles. The second-order valence-electron chi connectivity index (χ2n) is 3.38. The summed E-state index contributed by atoms with van der Waals surface area (Å²) in [7, 11) is -4.01. The van der Waals surface area contributed by atoms with Crippen LogP contribution >= 0.6 is 0 Å². The number of carbonyl (C=O) groups excluding carboxylic acids is 1. The lowest BCUT2D eigenvalue weighted by Gasteiger charge is -2.08. The Morgan fingerprint density at radius 2 is 2.00 bits per heavy atom. The van der Waals surface area contributed by atoms with Gasteiger partial charge in [-0.1, -0.05) is 0 Å². The van der Waals surface area contributed by atoms with E-state index in [1.807, 2.05) is 0 Å². The SMILES string of the molecule is NC(=O)NCCNS(=O)(=O)c1cc(N)ccc1F. The zero-order valence-electron chi connectivity index (χ0n) is 9.31. The van der Waals surface area contributed by atoms with Crippen LogP contribution in [-0.4, -0.2) is 27.5 Å². The number of nitrogens with two attached hydrogens (primary N) is 2. The van der Waals surface area contributed by atoms with Crippen molar-refractivity contribution in [2.45, 2.75) is 4.90 Å². The lowest BCUT2D eigenvalue weighted by atomic mass is 10.3. The van der Waals surface area contributed by atoms with Crippen LogP contribution in [0.3, 0.4) is 0 Å². The minimum Gasteiger partial charge on any atom is -0.399 e. The van der Waals surface area contributed by atoms with Crippen molar-refractivity contribution in [1.29, 1.82) is 0 Å². The number of sulfonamides is 1. The molecule has 0 aliphatic rings. The molecule has 0 aromatic heterocycles. The molecule has 1 rings (SSSR count). The summed E-state index contributed by atoms with van der Waals surface area (Å²) in [4.78, 5) is 9.81. The van der Waals surface area contributed by atoms with Crippen LogP contribution in [0.4, 0.5) is 14.9 Å². The fraction of sp³-hybridized carbons (Fsp3) is 0.222. The average Bonchev–Trinajstić information content (AvgIpc) is 2.27. The standard InChI is InChI=1S/C9H13FN4O3S/c10-7-2-1-6(11)5-8(7)18(16,17)14-4-3-13-9(12)15/h1-2,5,14H,3-4,11H2,(H3,12,13,15). The number of carbonyl (C=O) groups is 1. The number of rotatable bonds is 5. The minimum atomic E-state index is -4.01. The van der Waals surface area contributed by atoms with Crippen molar-refractivity contribution < 1.29 is 17.6 Å². The lowest BCUT2D eigenvalue weighted by molar-refractivity contribution is 0.249. The van der Waals surface area contributed by atoms with Gasteiger partial charge in [-0.3, -0.25) is 0 Å². The van der Waals surface area contributed by atoms with E-state index in [1.54, 1.807) is 0 Å². The number of hydrogen-bond acceptors (Lipinski definition) is 4. The van der Waals surface area contributed by atoms with Gasteiger partial charge >= 0.3 is 6.03 Å². The molecule has 2 amide bonds. The number of amides is 2. The molecule has 7 nitrogen and oxygen atoms in total. The summed E-state index contributed by atoms with van der Waals surface area (Å²) >= 11 is 0. The second kappa shape index (κ2) is 5.65. The first-order valence-corrected chi connectivity index (χ1v) is 6.39. The van der Waals surface area contributed by atoms with Crippen LogP contribution in [0.25, 0.3) is 0 Å². The Morgan fingerprint density at radius 1 is 1.33 bits per heavy atom. The lowest BCUT2D eigenvalue weighted by Crippen LogP contribution is -2.37. The number of anilines is 1. The first kappa shape index (κ1) is 14.2. The normalized spacial score (nSPS) is 11.2. The van der Waals surface area contributed by atoms with Crippen LogP contribution in [-0.2, 0) is 10.0 Å². The van der Waals surface area contributed by atoms with Crippen molar-refractivity contribution in [3.8, 4) is 0 Å². The minimum absolute atomic E-state index is 0.00149. The van der Waals surface area contributed by atoms with E-state index < -0.39 is 26.8 Å². The van der Waals surface area contributed by atoms with Crippen molar-refractivity contribution in [1.82, 2.24) is 10.0 Å². The molecule has 9 heteroatoms. The van der Waals surface area contributed by atoms with Crippen molar-refractivity contribution in [3.63, 3.8) is 0 Å². The highest BCUT2D eigenvalue weighted by Crippen LogP contribution is 2.17. The molecule has 0 heterocycles. The molecule has 0 aliphatic heterocycles. The summed E-state index contributed by atoms with van der Waals surface area (Å²) in [6, 6.07) is 2.46. The Morgan fingerprint density at radius 3 is 2.61 bits per heavy atom. The van der Waals surface area contributed by atoms with Crippen molar-refractivity contribution in [2.24, 2.45) is 5.73 Å². The number of halogens is 1. The van der Waals surface area contributed by atoms with Gasteiger partial charge in [0.2, 0.25) is 10.0 Å². The van der Waals surface area contributed by atoms with E-state index >= 15 is 0 Å². The van der Waals surface area contributed by atoms with Crippen molar-refractivity contribution >= 4 is 21.7 Å². The van der Waals surface area contributed by atoms with E-state index in [1.165, 1.54) is 6.07 Å². The van der Waals surface area contributed by atoms with Gasteiger partial charge in [-0.05, 0) is 18.2 Å². The zero-order chi connectivity index (χ0) is 13.8. The average molecular weight is 276 g/mol. The Labute approximate surface area is 103 Å². The zero-order valence-corrected chi connectivity index (χ0v) is 10.1. The summed E-state index contributed by atoms with van der Waals surface area (Å²) in [6.45, 7) is -0.113. The third-order valence-corrected chi connectivity index (χ3v) is 3.44. The van der Waals surface area contributed by atoms with Crippen LogP contribution in [0, 0.1) is 5.82 Å². The number of nitrogen functional groups attached to an aromatic ring is 1. The molecule has 0 radical (unpaired) electrons. The van der Waals surface area contributed by atoms with Crippen molar-refractivity contribution in [2.75, 3.05) is 18.8 Å². The predicted octanol–water partition coefficient (Wildman–Crippen LogP) is -0.646. The summed E-state index contributed by atoms with van der Waals surface area (Å²) in [6.07, 6.45) is 0. The Kier molecular flexibility index (Phi) is 4.45. The van der Waals surface area contributed by atoms with E-state index in [0.29, 0.717) is 0 Å². The largest absolute Gasteiger partial charge is 0.399 e. The highest BCUT2D eigenvalue weighted by atomic mass is 32.2. The third kappa shape index (κ3) is 3.86. The second-order valence-corrected chi connectivity index (χ2v) is 5.11. The van der Waals surface area contributed by atoms with Crippen LogP contribution in [0.2, 0.25) is 0 Å². The molecule has 0 saturated heterocycles. The molecule has 0 fully saturated rings. The maximum absolute atomic E-state index is 13.3. The predicted molar refractivity (Wildman–Crippen MR) is 63.6 cm³/mol. The maximum atomic E-state index is 13.3. The van der Waals surface area contributed by atoms with E-state index in [2.05, 4.69) is 10.0 Å². The van der Waals surface area contributed by atoms with Crippen LogP contribution in [0.1, 0.15) is 0 Å². The van der Waals surface area contributed by atoms with Gasteiger partial charge in [-0.15, -0.1) is 0 Å². The fourth-order valence-corrected chi connectivity index (χ4v) is 2.32.